The van der Waals surface area contributed by atoms with Gasteiger partial charge in [0.25, 0.3) is 5.56 Å². The van der Waals surface area contributed by atoms with Crippen LogP contribution in [0, 0.1) is 0 Å². The van der Waals surface area contributed by atoms with Crippen LogP contribution in [-0.2, 0) is 13.0 Å². The van der Waals surface area contributed by atoms with Crippen LogP contribution in [0.5, 0.6) is 0 Å². The van der Waals surface area contributed by atoms with Crippen molar-refractivity contribution >= 4 is 11.3 Å². The first-order valence-electron chi connectivity index (χ1n) is 5.58. The Morgan fingerprint density at radius 3 is 3.06 bits per heavy atom. The SMILES string of the molecule is O=c1ccncn1CCNCCc1ccsc1. The number of aromatic nitrogens is 2. The summed E-state index contributed by atoms with van der Waals surface area (Å²) in [4.78, 5) is 15.3. The number of hydrogen-bond acceptors (Lipinski definition) is 4. The molecule has 1 N–H and O–H groups in total. The number of hydrogen-bond donors (Lipinski definition) is 1. The zero-order chi connectivity index (χ0) is 11.9. The lowest BCUT2D eigenvalue weighted by molar-refractivity contribution is 0.579. The highest BCUT2D eigenvalue weighted by Crippen LogP contribution is 2.05. The van der Waals surface area contributed by atoms with E-state index in [9.17, 15) is 4.79 Å². The third kappa shape index (κ3) is 3.80. The Bertz CT molecular complexity index is 492. The molecule has 5 heteroatoms. The van der Waals surface area contributed by atoms with Gasteiger partial charge in [0, 0.05) is 25.4 Å². The zero-order valence-corrected chi connectivity index (χ0v) is 10.3. The van der Waals surface area contributed by atoms with Crippen molar-refractivity contribution in [2.75, 3.05) is 13.1 Å². The third-order valence-corrected chi connectivity index (χ3v) is 3.22. The monoisotopic (exact) mass is 249 g/mol. The molecule has 4 nitrogen and oxygen atoms in total. The Morgan fingerprint density at radius 2 is 2.29 bits per heavy atom. The van der Waals surface area contributed by atoms with Gasteiger partial charge in [-0.3, -0.25) is 9.36 Å². The Balaban J connectivity index is 1.67. The standard InChI is InChI=1S/C12H15N3OS/c16-12-2-5-14-10-15(12)7-6-13-4-1-11-3-8-17-9-11/h2-3,5,8-10,13H,1,4,6-7H2. The molecule has 0 aliphatic carbocycles. The molecule has 0 aliphatic rings. The van der Waals surface area contributed by atoms with E-state index >= 15 is 0 Å². The van der Waals surface area contributed by atoms with Gasteiger partial charge in [0.2, 0.25) is 0 Å². The molecule has 0 aliphatic heterocycles. The van der Waals surface area contributed by atoms with Gasteiger partial charge in [0.1, 0.15) is 0 Å². The molecule has 0 aromatic carbocycles. The average molecular weight is 249 g/mol. The topological polar surface area (TPSA) is 46.9 Å². The van der Waals surface area contributed by atoms with Crippen molar-refractivity contribution < 1.29 is 0 Å². The summed E-state index contributed by atoms with van der Waals surface area (Å²) in [6, 6.07) is 3.61. The van der Waals surface area contributed by atoms with Crippen LogP contribution in [0.25, 0.3) is 0 Å². The maximum absolute atomic E-state index is 11.4. The van der Waals surface area contributed by atoms with E-state index in [1.807, 2.05) is 0 Å². The molecule has 2 aromatic rings. The predicted molar refractivity (Wildman–Crippen MR) is 69.4 cm³/mol. The molecule has 2 aromatic heterocycles. The van der Waals surface area contributed by atoms with Crippen molar-refractivity contribution in [3.8, 4) is 0 Å². The normalized spacial score (nSPS) is 10.6. The molecule has 0 radical (unpaired) electrons. The van der Waals surface area contributed by atoms with Crippen molar-refractivity contribution in [1.29, 1.82) is 0 Å². The second-order valence-corrected chi connectivity index (χ2v) is 4.52. The molecule has 0 fully saturated rings. The fourth-order valence-electron chi connectivity index (χ4n) is 1.54. The minimum absolute atomic E-state index is 0.000338. The maximum atomic E-state index is 11.4. The van der Waals surface area contributed by atoms with E-state index in [4.69, 9.17) is 0 Å². The van der Waals surface area contributed by atoms with Crippen LogP contribution in [0.3, 0.4) is 0 Å². The highest BCUT2D eigenvalue weighted by molar-refractivity contribution is 7.07. The maximum Gasteiger partial charge on any atom is 0.253 e. The van der Waals surface area contributed by atoms with E-state index < -0.39 is 0 Å². The van der Waals surface area contributed by atoms with Gasteiger partial charge in [-0.05, 0) is 35.4 Å². The van der Waals surface area contributed by atoms with E-state index in [0.29, 0.717) is 6.54 Å². The van der Waals surface area contributed by atoms with E-state index in [2.05, 4.69) is 27.1 Å². The molecule has 0 saturated heterocycles. The highest BCUT2D eigenvalue weighted by Gasteiger charge is 1.95. The summed E-state index contributed by atoms with van der Waals surface area (Å²) in [6.07, 6.45) is 4.12. The quantitative estimate of drug-likeness (QED) is 0.781. The van der Waals surface area contributed by atoms with Gasteiger partial charge in [-0.25, -0.2) is 4.98 Å². The fourth-order valence-corrected chi connectivity index (χ4v) is 2.24. The predicted octanol–water partition coefficient (Wildman–Crippen LogP) is 1.14. The van der Waals surface area contributed by atoms with Gasteiger partial charge in [-0.2, -0.15) is 11.3 Å². The minimum Gasteiger partial charge on any atom is -0.315 e. The van der Waals surface area contributed by atoms with Gasteiger partial charge < -0.3 is 5.32 Å². The first-order chi connectivity index (χ1) is 8.36. The van der Waals surface area contributed by atoms with Gasteiger partial charge in [-0.1, -0.05) is 0 Å². The lowest BCUT2D eigenvalue weighted by atomic mass is 10.2. The summed E-state index contributed by atoms with van der Waals surface area (Å²) in [5, 5.41) is 7.56. The first-order valence-corrected chi connectivity index (χ1v) is 6.53. The van der Waals surface area contributed by atoms with Crippen LogP contribution in [-0.4, -0.2) is 22.6 Å². The van der Waals surface area contributed by atoms with E-state index in [1.54, 1.807) is 22.2 Å². The van der Waals surface area contributed by atoms with Crippen molar-refractivity contribution in [2.24, 2.45) is 0 Å². The molecule has 0 unspecified atom stereocenters. The summed E-state index contributed by atoms with van der Waals surface area (Å²) >= 11 is 1.72. The molecular formula is C12H15N3OS. The molecule has 2 rings (SSSR count). The Kier molecular flexibility index (Phi) is 4.46. The van der Waals surface area contributed by atoms with Crippen molar-refractivity contribution in [3.63, 3.8) is 0 Å². The van der Waals surface area contributed by atoms with Gasteiger partial charge in [0.15, 0.2) is 0 Å². The van der Waals surface area contributed by atoms with Crippen LogP contribution in [0.2, 0.25) is 0 Å². The summed E-state index contributed by atoms with van der Waals surface area (Å²) in [5.74, 6) is 0. The summed E-state index contributed by atoms with van der Waals surface area (Å²) in [7, 11) is 0. The zero-order valence-electron chi connectivity index (χ0n) is 9.50. The first kappa shape index (κ1) is 12.0. The summed E-state index contributed by atoms with van der Waals surface area (Å²) < 4.78 is 1.61. The van der Waals surface area contributed by atoms with Crippen molar-refractivity contribution in [2.45, 2.75) is 13.0 Å². The van der Waals surface area contributed by atoms with Gasteiger partial charge in [0.05, 0.1) is 6.33 Å². The second kappa shape index (κ2) is 6.32. The second-order valence-electron chi connectivity index (χ2n) is 3.74. The molecule has 2 heterocycles. The van der Waals surface area contributed by atoms with Crippen LogP contribution in [0.1, 0.15) is 5.56 Å². The molecule has 0 bridgehead atoms. The molecule has 90 valence electrons. The molecule has 0 atom stereocenters. The Labute approximate surface area is 104 Å². The summed E-state index contributed by atoms with van der Waals surface area (Å²) in [6.45, 7) is 2.39. The smallest absolute Gasteiger partial charge is 0.253 e. The summed E-state index contributed by atoms with van der Waals surface area (Å²) in [5.41, 5.74) is 1.36. The number of nitrogens with zero attached hydrogens (tertiary/aromatic N) is 2. The van der Waals surface area contributed by atoms with Crippen LogP contribution in [0.15, 0.2) is 40.2 Å². The largest absolute Gasteiger partial charge is 0.315 e. The third-order valence-electron chi connectivity index (χ3n) is 2.49. The number of rotatable bonds is 6. The van der Waals surface area contributed by atoms with Crippen LogP contribution < -0.4 is 10.9 Å². The van der Waals surface area contributed by atoms with Gasteiger partial charge >= 0.3 is 0 Å². The molecule has 0 amide bonds. The number of nitrogens with one attached hydrogen (secondary N) is 1. The molecule has 17 heavy (non-hydrogen) atoms. The Hall–Kier alpha value is -1.46. The Morgan fingerprint density at radius 1 is 1.35 bits per heavy atom. The molecular weight excluding hydrogens is 234 g/mol. The van der Waals surface area contributed by atoms with Crippen molar-refractivity contribution in [1.82, 2.24) is 14.9 Å². The van der Waals surface area contributed by atoms with Crippen molar-refractivity contribution in [3.05, 3.63) is 51.3 Å². The van der Waals surface area contributed by atoms with E-state index in [0.717, 1.165) is 19.5 Å². The lowest BCUT2D eigenvalue weighted by Gasteiger charge is -2.05. The van der Waals surface area contributed by atoms with Crippen LogP contribution >= 0.6 is 11.3 Å². The minimum atomic E-state index is -0.000338. The fraction of sp³-hybridized carbons (Fsp3) is 0.333. The molecule has 0 saturated carbocycles. The lowest BCUT2D eigenvalue weighted by Crippen LogP contribution is -2.27. The highest BCUT2D eigenvalue weighted by atomic mass is 32.1. The van der Waals surface area contributed by atoms with E-state index in [1.165, 1.54) is 17.8 Å². The van der Waals surface area contributed by atoms with Crippen LogP contribution in [0.4, 0.5) is 0 Å². The molecule has 0 spiro atoms. The van der Waals surface area contributed by atoms with Gasteiger partial charge in [-0.15, -0.1) is 0 Å². The number of thiophene rings is 1. The average Bonchev–Trinajstić information content (AvgIpc) is 2.84. The van der Waals surface area contributed by atoms with E-state index in [-0.39, 0.29) is 5.56 Å².